The monoisotopic (exact) mass is 553 g/mol. The SMILES string of the molecule is CS(=N)(=O)c1cccc(NC(=O)c2cnc(C(F)(F)F)cc2Oc2ccc(OC(F)(F)F)cc2Cl)c1. The highest BCUT2D eigenvalue weighted by atomic mass is 35.5. The predicted molar refractivity (Wildman–Crippen MR) is 117 cm³/mol. The first-order valence-electron chi connectivity index (χ1n) is 9.48. The van der Waals surface area contributed by atoms with Gasteiger partial charge in [0.15, 0.2) is 0 Å². The van der Waals surface area contributed by atoms with Crippen LogP contribution >= 0.6 is 11.6 Å². The lowest BCUT2D eigenvalue weighted by molar-refractivity contribution is -0.274. The maximum atomic E-state index is 13.2. The highest BCUT2D eigenvalue weighted by Crippen LogP contribution is 2.38. The molecular weight excluding hydrogens is 540 g/mol. The molecule has 1 atom stereocenters. The van der Waals surface area contributed by atoms with Crippen LogP contribution in [0.15, 0.2) is 59.6 Å². The second-order valence-electron chi connectivity index (χ2n) is 7.13. The first kappa shape index (κ1) is 27.1. The van der Waals surface area contributed by atoms with Crippen molar-refractivity contribution in [2.45, 2.75) is 17.4 Å². The van der Waals surface area contributed by atoms with Gasteiger partial charge < -0.3 is 14.8 Å². The number of ether oxygens (including phenoxy) is 2. The fourth-order valence-corrected chi connectivity index (χ4v) is 3.64. The summed E-state index contributed by atoms with van der Waals surface area (Å²) in [5.41, 5.74) is -1.82. The van der Waals surface area contributed by atoms with Crippen LogP contribution in [0, 0.1) is 4.78 Å². The number of carbonyl (C=O) groups is 1. The molecular formula is C21H14ClF6N3O4S. The summed E-state index contributed by atoms with van der Waals surface area (Å²) in [5, 5.41) is 1.93. The summed E-state index contributed by atoms with van der Waals surface area (Å²) in [4.78, 5) is 16.2. The van der Waals surface area contributed by atoms with Gasteiger partial charge in [-0.3, -0.25) is 9.78 Å². The smallest absolute Gasteiger partial charge is 0.455 e. The third kappa shape index (κ3) is 7.01. The molecule has 0 bridgehead atoms. The number of rotatable bonds is 6. The molecule has 1 aromatic heterocycles. The minimum atomic E-state index is -5.01. The lowest BCUT2D eigenvalue weighted by atomic mass is 10.2. The molecule has 1 amide bonds. The quantitative estimate of drug-likeness (QED) is 0.330. The van der Waals surface area contributed by atoms with E-state index in [-0.39, 0.29) is 16.3 Å². The van der Waals surface area contributed by atoms with Crippen molar-refractivity contribution >= 4 is 32.9 Å². The van der Waals surface area contributed by atoms with Crippen molar-refractivity contribution in [1.29, 1.82) is 4.78 Å². The summed E-state index contributed by atoms with van der Waals surface area (Å²) in [7, 11) is -3.13. The van der Waals surface area contributed by atoms with Crippen LogP contribution in [0.1, 0.15) is 16.1 Å². The molecule has 3 aromatic rings. The maximum absolute atomic E-state index is 13.2. The Labute approximate surface area is 205 Å². The van der Waals surface area contributed by atoms with Crippen molar-refractivity contribution in [2.75, 3.05) is 11.6 Å². The molecule has 2 N–H and O–H groups in total. The molecule has 0 aliphatic carbocycles. The first-order chi connectivity index (χ1) is 16.5. The maximum Gasteiger partial charge on any atom is 0.573 e. The summed E-state index contributed by atoms with van der Waals surface area (Å²) in [5.74, 6) is -2.71. The molecule has 1 heterocycles. The Morgan fingerprint density at radius 3 is 2.33 bits per heavy atom. The van der Waals surface area contributed by atoms with Crippen molar-refractivity contribution < 1.29 is 44.8 Å². The van der Waals surface area contributed by atoms with Crippen LogP contribution < -0.4 is 14.8 Å². The number of nitrogens with one attached hydrogen (secondary N) is 2. The second-order valence-corrected chi connectivity index (χ2v) is 9.70. The van der Waals surface area contributed by atoms with Crippen LogP contribution in [-0.2, 0) is 15.9 Å². The molecule has 36 heavy (non-hydrogen) atoms. The molecule has 192 valence electrons. The second kappa shape index (κ2) is 9.85. The van der Waals surface area contributed by atoms with Gasteiger partial charge in [-0.25, -0.2) is 8.99 Å². The molecule has 0 spiro atoms. The number of carbonyl (C=O) groups excluding carboxylic acids is 1. The average Bonchev–Trinajstić information content (AvgIpc) is 2.73. The van der Waals surface area contributed by atoms with Gasteiger partial charge in [-0.1, -0.05) is 17.7 Å². The van der Waals surface area contributed by atoms with Gasteiger partial charge in [-0.2, -0.15) is 13.2 Å². The van der Waals surface area contributed by atoms with Crippen LogP contribution in [0.3, 0.4) is 0 Å². The lowest BCUT2D eigenvalue weighted by Gasteiger charge is -2.15. The number of aromatic nitrogens is 1. The molecule has 2 aromatic carbocycles. The first-order valence-corrected chi connectivity index (χ1v) is 11.8. The number of nitrogens with zero attached hydrogens (tertiary/aromatic N) is 1. The van der Waals surface area contributed by atoms with E-state index in [1.807, 2.05) is 0 Å². The van der Waals surface area contributed by atoms with E-state index in [1.54, 1.807) is 0 Å². The van der Waals surface area contributed by atoms with Gasteiger partial charge in [0, 0.05) is 35.2 Å². The zero-order valence-corrected chi connectivity index (χ0v) is 19.4. The largest absolute Gasteiger partial charge is 0.573 e. The van der Waals surface area contributed by atoms with Crippen molar-refractivity contribution in [1.82, 2.24) is 4.98 Å². The zero-order valence-electron chi connectivity index (χ0n) is 17.8. The Morgan fingerprint density at radius 2 is 1.75 bits per heavy atom. The van der Waals surface area contributed by atoms with Gasteiger partial charge in [-0.15, -0.1) is 13.2 Å². The minimum Gasteiger partial charge on any atom is -0.455 e. The van der Waals surface area contributed by atoms with Crippen LogP contribution in [0.25, 0.3) is 0 Å². The van der Waals surface area contributed by atoms with E-state index >= 15 is 0 Å². The topological polar surface area (TPSA) is 101 Å². The standard InChI is InChI=1S/C21H14ClF6N3O4S/c1-36(29,33)13-4-2-3-11(7-13)31-19(32)14-10-30-18(20(23,24)25)9-17(14)34-16-6-5-12(8-15(16)22)35-21(26,27)28/h2-10,29H,1H3,(H,31,32). The van der Waals surface area contributed by atoms with Gasteiger partial charge in [0.2, 0.25) is 0 Å². The molecule has 0 saturated heterocycles. The summed E-state index contributed by atoms with van der Waals surface area (Å²) in [6, 6.07) is 8.32. The van der Waals surface area contributed by atoms with E-state index in [9.17, 15) is 35.3 Å². The van der Waals surface area contributed by atoms with Crippen LogP contribution in [0.5, 0.6) is 17.2 Å². The van der Waals surface area contributed by atoms with E-state index < -0.39 is 56.0 Å². The fraction of sp³-hybridized carbons (Fsp3) is 0.143. The van der Waals surface area contributed by atoms with Crippen molar-refractivity contribution in [2.24, 2.45) is 0 Å². The number of pyridine rings is 1. The third-order valence-corrected chi connectivity index (χ3v) is 5.75. The van der Waals surface area contributed by atoms with E-state index in [2.05, 4.69) is 15.0 Å². The van der Waals surface area contributed by atoms with Gasteiger partial charge in [0.25, 0.3) is 5.91 Å². The molecule has 1 unspecified atom stereocenters. The number of hydrogen-bond donors (Lipinski definition) is 2. The van der Waals surface area contributed by atoms with Gasteiger partial charge in [-0.05, 0) is 30.3 Å². The number of amides is 1. The lowest BCUT2D eigenvalue weighted by Crippen LogP contribution is -2.17. The summed E-state index contributed by atoms with van der Waals surface area (Å²) < 4.78 is 106. The molecule has 0 saturated carbocycles. The average molecular weight is 554 g/mol. The van der Waals surface area contributed by atoms with E-state index in [0.717, 1.165) is 24.5 Å². The van der Waals surface area contributed by atoms with Crippen molar-refractivity contribution in [3.63, 3.8) is 0 Å². The summed E-state index contributed by atoms with van der Waals surface area (Å²) in [6.07, 6.45) is -8.16. The van der Waals surface area contributed by atoms with Crippen molar-refractivity contribution in [3.05, 3.63) is 71.0 Å². The number of hydrogen-bond acceptors (Lipinski definition) is 6. The van der Waals surface area contributed by atoms with Crippen LogP contribution in [0.2, 0.25) is 5.02 Å². The van der Waals surface area contributed by atoms with E-state index in [1.165, 1.54) is 24.3 Å². The molecule has 0 radical (unpaired) electrons. The molecule has 0 aliphatic rings. The molecule has 3 rings (SSSR count). The highest BCUT2D eigenvalue weighted by molar-refractivity contribution is 7.91. The van der Waals surface area contributed by atoms with Crippen LogP contribution in [-0.4, -0.2) is 27.7 Å². The summed E-state index contributed by atoms with van der Waals surface area (Å²) >= 11 is 5.90. The van der Waals surface area contributed by atoms with E-state index in [0.29, 0.717) is 12.3 Å². The van der Waals surface area contributed by atoms with Gasteiger partial charge >= 0.3 is 12.5 Å². The fourth-order valence-electron chi connectivity index (χ4n) is 2.74. The molecule has 0 fully saturated rings. The third-order valence-electron chi connectivity index (χ3n) is 4.30. The minimum absolute atomic E-state index is 0.0804. The molecule has 7 nitrogen and oxygen atoms in total. The Morgan fingerprint density at radius 1 is 1.06 bits per heavy atom. The van der Waals surface area contributed by atoms with Gasteiger partial charge in [0.05, 0.1) is 14.8 Å². The highest BCUT2D eigenvalue weighted by Gasteiger charge is 2.34. The number of halogens is 7. The Hall–Kier alpha value is -3.52. The zero-order chi connectivity index (χ0) is 26.9. The Bertz CT molecular complexity index is 1410. The number of anilines is 1. The Balaban J connectivity index is 1.97. The molecule has 15 heteroatoms. The predicted octanol–water partition coefficient (Wildman–Crippen LogP) is 6.73. The van der Waals surface area contributed by atoms with Crippen molar-refractivity contribution in [3.8, 4) is 17.2 Å². The summed E-state index contributed by atoms with van der Waals surface area (Å²) in [6.45, 7) is 0. The Kier molecular flexibility index (Phi) is 7.41. The number of benzene rings is 2. The molecule has 0 aliphatic heterocycles. The van der Waals surface area contributed by atoms with E-state index in [4.69, 9.17) is 21.1 Å². The van der Waals surface area contributed by atoms with Gasteiger partial charge in [0.1, 0.15) is 28.5 Å². The normalized spacial score (nSPS) is 13.6. The van der Waals surface area contributed by atoms with Crippen LogP contribution in [0.4, 0.5) is 32.0 Å². The number of alkyl halides is 6.